The summed E-state index contributed by atoms with van der Waals surface area (Å²) in [4.78, 5) is 18.6. The van der Waals surface area contributed by atoms with Gasteiger partial charge in [0.1, 0.15) is 11.6 Å². The zero-order chi connectivity index (χ0) is 23.0. The lowest BCUT2D eigenvalue weighted by molar-refractivity contribution is -0.137. The van der Waals surface area contributed by atoms with Crippen molar-refractivity contribution in [3.8, 4) is 11.4 Å². The van der Waals surface area contributed by atoms with Crippen molar-refractivity contribution in [1.29, 1.82) is 0 Å². The molecule has 0 aliphatic carbocycles. The fourth-order valence-corrected chi connectivity index (χ4v) is 3.81. The molecule has 4 heterocycles. The maximum Gasteiger partial charge on any atom is 0.416 e. The Bertz CT molecular complexity index is 1300. The quantitative estimate of drug-likeness (QED) is 0.432. The number of alkyl halides is 3. The van der Waals surface area contributed by atoms with E-state index in [0.29, 0.717) is 47.3 Å². The molecule has 0 saturated carbocycles. The first-order valence-corrected chi connectivity index (χ1v) is 10.5. The van der Waals surface area contributed by atoms with Gasteiger partial charge in [0, 0.05) is 24.4 Å². The van der Waals surface area contributed by atoms with Gasteiger partial charge < -0.3 is 10.1 Å². The Morgan fingerprint density at radius 3 is 2.52 bits per heavy atom. The van der Waals surface area contributed by atoms with Crippen LogP contribution >= 0.6 is 0 Å². The number of rotatable bonds is 4. The molecule has 1 aliphatic heterocycles. The molecule has 0 radical (unpaired) electrons. The van der Waals surface area contributed by atoms with E-state index in [1.807, 2.05) is 31.2 Å². The van der Waals surface area contributed by atoms with E-state index in [1.165, 1.54) is 12.1 Å². The van der Waals surface area contributed by atoms with E-state index in [-0.39, 0.29) is 5.92 Å². The van der Waals surface area contributed by atoms with Gasteiger partial charge >= 0.3 is 6.18 Å². The van der Waals surface area contributed by atoms with Crippen molar-refractivity contribution in [3.05, 3.63) is 71.7 Å². The Morgan fingerprint density at radius 1 is 1.00 bits per heavy atom. The standard InChI is InChI=1S/C24H20F3N5O/c1-14-3-2-11-28-20(14)19-9-8-18-22(29-17-6-4-16(5-7-17)24(25,26)27)31-21(32-23(18)30-19)15-10-12-33-13-15/h2-9,11,15H,10,12-13H2,1H3,(H,29,30,31,32). The van der Waals surface area contributed by atoms with Gasteiger partial charge in [0.2, 0.25) is 0 Å². The van der Waals surface area contributed by atoms with E-state index in [4.69, 9.17) is 14.7 Å². The summed E-state index contributed by atoms with van der Waals surface area (Å²) >= 11 is 0. The summed E-state index contributed by atoms with van der Waals surface area (Å²) in [6, 6.07) is 12.4. The van der Waals surface area contributed by atoms with Crippen LogP contribution in [0.2, 0.25) is 0 Å². The third kappa shape index (κ3) is 4.36. The van der Waals surface area contributed by atoms with Crippen LogP contribution in [0.25, 0.3) is 22.4 Å². The molecule has 1 atom stereocenters. The zero-order valence-corrected chi connectivity index (χ0v) is 17.7. The number of aromatic nitrogens is 4. The first-order valence-electron chi connectivity index (χ1n) is 10.5. The van der Waals surface area contributed by atoms with Crippen LogP contribution < -0.4 is 5.32 Å². The number of aryl methyl sites for hydroxylation is 1. The minimum Gasteiger partial charge on any atom is -0.381 e. The summed E-state index contributed by atoms with van der Waals surface area (Å²) in [5.74, 6) is 1.11. The fourth-order valence-electron chi connectivity index (χ4n) is 3.81. The Kier molecular flexibility index (Phi) is 5.41. The number of anilines is 2. The maximum atomic E-state index is 12.9. The number of nitrogens with one attached hydrogen (secondary N) is 1. The lowest BCUT2D eigenvalue weighted by atomic mass is 10.1. The predicted molar refractivity (Wildman–Crippen MR) is 118 cm³/mol. The van der Waals surface area contributed by atoms with Crippen LogP contribution in [0.1, 0.15) is 29.3 Å². The van der Waals surface area contributed by atoms with E-state index in [0.717, 1.165) is 29.8 Å². The highest BCUT2D eigenvalue weighted by Gasteiger charge is 2.30. The minimum absolute atomic E-state index is 0.0320. The average Bonchev–Trinajstić information content (AvgIpc) is 3.34. The van der Waals surface area contributed by atoms with Gasteiger partial charge in [0.25, 0.3) is 0 Å². The van der Waals surface area contributed by atoms with Crippen LogP contribution in [-0.2, 0) is 10.9 Å². The van der Waals surface area contributed by atoms with Crippen LogP contribution in [0.3, 0.4) is 0 Å². The number of hydrogen-bond acceptors (Lipinski definition) is 6. The SMILES string of the molecule is Cc1cccnc1-c1ccc2c(Nc3ccc(C(F)(F)F)cc3)nc(C3CCOC3)nc2n1. The van der Waals surface area contributed by atoms with Crippen molar-refractivity contribution in [2.24, 2.45) is 0 Å². The monoisotopic (exact) mass is 451 g/mol. The summed E-state index contributed by atoms with van der Waals surface area (Å²) in [5, 5.41) is 3.81. The van der Waals surface area contributed by atoms with Gasteiger partial charge in [-0.25, -0.2) is 15.0 Å². The Labute approximate surface area is 187 Å². The molecule has 5 rings (SSSR count). The molecule has 0 bridgehead atoms. The van der Waals surface area contributed by atoms with E-state index in [9.17, 15) is 13.2 Å². The van der Waals surface area contributed by atoms with Crippen LogP contribution in [0, 0.1) is 6.92 Å². The van der Waals surface area contributed by atoms with Crippen LogP contribution in [-0.4, -0.2) is 33.1 Å². The summed E-state index contributed by atoms with van der Waals surface area (Å²) < 4.78 is 44.3. The first kappa shape index (κ1) is 21.3. The third-order valence-corrected chi connectivity index (χ3v) is 5.60. The molecule has 1 aliphatic rings. The van der Waals surface area contributed by atoms with Crippen LogP contribution in [0.15, 0.2) is 54.7 Å². The van der Waals surface area contributed by atoms with Gasteiger partial charge in [-0.2, -0.15) is 13.2 Å². The topological polar surface area (TPSA) is 72.8 Å². The number of hydrogen-bond donors (Lipinski definition) is 1. The van der Waals surface area contributed by atoms with Crippen LogP contribution in [0.5, 0.6) is 0 Å². The van der Waals surface area contributed by atoms with E-state index < -0.39 is 11.7 Å². The molecule has 1 N–H and O–H groups in total. The van der Waals surface area contributed by atoms with Crippen LogP contribution in [0.4, 0.5) is 24.7 Å². The molecule has 33 heavy (non-hydrogen) atoms. The lowest BCUT2D eigenvalue weighted by Crippen LogP contribution is -2.09. The molecule has 9 heteroatoms. The molecule has 1 unspecified atom stereocenters. The number of benzene rings is 1. The van der Waals surface area contributed by atoms with Crippen molar-refractivity contribution in [3.63, 3.8) is 0 Å². The molecule has 0 spiro atoms. The first-order chi connectivity index (χ1) is 15.9. The number of pyridine rings is 2. The van der Waals surface area contributed by atoms with Gasteiger partial charge in [0.05, 0.1) is 28.9 Å². The minimum atomic E-state index is -4.39. The van der Waals surface area contributed by atoms with Crippen molar-refractivity contribution in [2.75, 3.05) is 18.5 Å². The summed E-state index contributed by atoms with van der Waals surface area (Å²) in [7, 11) is 0. The normalized spacial score (nSPS) is 16.3. The predicted octanol–water partition coefficient (Wildman–Crippen LogP) is 5.66. The second kappa shape index (κ2) is 8.40. The summed E-state index contributed by atoms with van der Waals surface area (Å²) in [6.07, 6.45) is -1.88. The van der Waals surface area contributed by atoms with E-state index >= 15 is 0 Å². The highest BCUT2D eigenvalue weighted by atomic mass is 19.4. The van der Waals surface area contributed by atoms with Crippen molar-refractivity contribution < 1.29 is 17.9 Å². The second-order valence-corrected chi connectivity index (χ2v) is 7.93. The van der Waals surface area contributed by atoms with Crippen molar-refractivity contribution >= 4 is 22.5 Å². The Balaban J connectivity index is 1.58. The van der Waals surface area contributed by atoms with Crippen molar-refractivity contribution in [1.82, 2.24) is 19.9 Å². The number of halogens is 3. The van der Waals surface area contributed by atoms with Gasteiger partial charge in [-0.1, -0.05) is 6.07 Å². The molecule has 3 aromatic heterocycles. The van der Waals surface area contributed by atoms with E-state index in [2.05, 4.69) is 15.3 Å². The molecule has 4 aromatic rings. The molecule has 6 nitrogen and oxygen atoms in total. The van der Waals surface area contributed by atoms with Gasteiger partial charge in [0.15, 0.2) is 5.65 Å². The van der Waals surface area contributed by atoms with Gasteiger partial charge in [-0.3, -0.25) is 4.98 Å². The molecule has 1 saturated heterocycles. The summed E-state index contributed by atoms with van der Waals surface area (Å²) in [6.45, 7) is 3.12. The van der Waals surface area contributed by atoms with Gasteiger partial charge in [-0.15, -0.1) is 0 Å². The molecule has 0 amide bonds. The lowest BCUT2D eigenvalue weighted by Gasteiger charge is -2.14. The molecule has 168 valence electrons. The second-order valence-electron chi connectivity index (χ2n) is 7.93. The summed E-state index contributed by atoms with van der Waals surface area (Å²) in [5.41, 5.74) is 2.71. The third-order valence-electron chi connectivity index (χ3n) is 5.60. The van der Waals surface area contributed by atoms with E-state index in [1.54, 1.807) is 6.20 Å². The fraction of sp³-hybridized carbons (Fsp3) is 0.250. The molecule has 1 fully saturated rings. The molecular weight excluding hydrogens is 431 g/mol. The zero-order valence-electron chi connectivity index (χ0n) is 17.7. The largest absolute Gasteiger partial charge is 0.416 e. The molecule has 1 aromatic carbocycles. The highest BCUT2D eigenvalue weighted by Crippen LogP contribution is 2.33. The molecular formula is C24H20F3N5O. The number of nitrogens with zero attached hydrogens (tertiary/aromatic N) is 4. The number of fused-ring (bicyclic) bond motifs is 1. The Morgan fingerprint density at radius 2 is 1.82 bits per heavy atom. The number of ether oxygens (including phenoxy) is 1. The maximum absolute atomic E-state index is 12.9. The van der Waals surface area contributed by atoms with Gasteiger partial charge in [-0.05, 0) is 61.4 Å². The Hall–Kier alpha value is -3.59. The average molecular weight is 451 g/mol. The smallest absolute Gasteiger partial charge is 0.381 e. The highest BCUT2D eigenvalue weighted by molar-refractivity contribution is 5.90. The van der Waals surface area contributed by atoms with Crippen molar-refractivity contribution in [2.45, 2.75) is 25.4 Å².